The molecule has 2 heterocycles. The Labute approximate surface area is 119 Å². The number of carboxylic acid groups (broad SMARTS) is 1. The van der Waals surface area contributed by atoms with Crippen LogP contribution in [0, 0.1) is 5.92 Å². The van der Waals surface area contributed by atoms with Gasteiger partial charge in [-0.2, -0.15) is 0 Å². The van der Waals surface area contributed by atoms with Crippen LogP contribution in [0.15, 0.2) is 0 Å². The fourth-order valence-corrected chi connectivity index (χ4v) is 3.20. The van der Waals surface area contributed by atoms with Crippen LogP contribution >= 0.6 is 0 Å². The first-order valence-electron chi connectivity index (χ1n) is 7.50. The molecule has 2 N–H and O–H groups in total. The first-order chi connectivity index (χ1) is 9.61. The average Bonchev–Trinajstić information content (AvgIpc) is 2.93. The van der Waals surface area contributed by atoms with E-state index in [4.69, 9.17) is 5.11 Å². The summed E-state index contributed by atoms with van der Waals surface area (Å²) < 4.78 is 0. The average molecular weight is 284 g/mol. The van der Waals surface area contributed by atoms with Crippen LogP contribution in [0.25, 0.3) is 0 Å². The normalized spacial score (nSPS) is 24.1. The van der Waals surface area contributed by atoms with Crippen molar-refractivity contribution < 1.29 is 19.8 Å². The number of likely N-dealkylation sites (tertiary alicyclic amines) is 2. The lowest BCUT2D eigenvalue weighted by atomic mass is 9.92. The van der Waals surface area contributed by atoms with Gasteiger partial charge in [-0.1, -0.05) is 0 Å². The van der Waals surface area contributed by atoms with Crippen LogP contribution in [0.2, 0.25) is 0 Å². The molecule has 0 aliphatic carbocycles. The molecular formula is C14H24N2O4. The third-order valence-corrected chi connectivity index (χ3v) is 4.49. The summed E-state index contributed by atoms with van der Waals surface area (Å²) in [5, 5.41) is 18.0. The van der Waals surface area contributed by atoms with Gasteiger partial charge in [-0.25, -0.2) is 4.79 Å². The predicted octanol–water partition coefficient (Wildman–Crippen LogP) is 1.14. The Kier molecular flexibility index (Phi) is 5.23. The SMILES string of the molecule is O=C(O)CCC1CCN(C(=O)N2CCCC2CO)CC1. The van der Waals surface area contributed by atoms with Gasteiger partial charge in [0.15, 0.2) is 0 Å². The lowest BCUT2D eigenvalue weighted by molar-refractivity contribution is -0.137. The fourth-order valence-electron chi connectivity index (χ4n) is 3.20. The number of aliphatic hydroxyl groups excluding tert-OH is 1. The van der Waals surface area contributed by atoms with E-state index in [9.17, 15) is 14.7 Å². The molecule has 6 nitrogen and oxygen atoms in total. The smallest absolute Gasteiger partial charge is 0.320 e. The highest BCUT2D eigenvalue weighted by atomic mass is 16.4. The number of hydrogen-bond acceptors (Lipinski definition) is 3. The summed E-state index contributed by atoms with van der Waals surface area (Å²) in [4.78, 5) is 26.6. The van der Waals surface area contributed by atoms with E-state index in [1.54, 1.807) is 4.90 Å². The second-order valence-corrected chi connectivity index (χ2v) is 5.82. The van der Waals surface area contributed by atoms with Gasteiger partial charge >= 0.3 is 12.0 Å². The fraction of sp³-hybridized carbons (Fsp3) is 0.857. The molecule has 2 saturated heterocycles. The third kappa shape index (κ3) is 3.62. The molecule has 2 aliphatic rings. The van der Waals surface area contributed by atoms with E-state index in [1.165, 1.54) is 0 Å². The molecule has 0 saturated carbocycles. The third-order valence-electron chi connectivity index (χ3n) is 4.49. The van der Waals surface area contributed by atoms with Crippen LogP contribution in [0.1, 0.15) is 38.5 Å². The van der Waals surface area contributed by atoms with Gasteiger partial charge in [-0.3, -0.25) is 4.79 Å². The Morgan fingerprint density at radius 3 is 2.40 bits per heavy atom. The summed E-state index contributed by atoms with van der Waals surface area (Å²) in [5.74, 6) is -0.325. The van der Waals surface area contributed by atoms with Crippen LogP contribution in [0.4, 0.5) is 4.79 Å². The minimum Gasteiger partial charge on any atom is -0.481 e. The van der Waals surface area contributed by atoms with E-state index in [2.05, 4.69) is 0 Å². The molecule has 0 bridgehead atoms. The van der Waals surface area contributed by atoms with Gasteiger partial charge < -0.3 is 20.0 Å². The number of aliphatic carboxylic acids is 1. The quantitative estimate of drug-likeness (QED) is 0.811. The topological polar surface area (TPSA) is 81.1 Å². The van der Waals surface area contributed by atoms with E-state index in [-0.39, 0.29) is 25.1 Å². The maximum Gasteiger partial charge on any atom is 0.320 e. The molecule has 1 unspecified atom stereocenters. The summed E-state index contributed by atoms with van der Waals surface area (Å²) in [5.41, 5.74) is 0. The Morgan fingerprint density at radius 1 is 1.10 bits per heavy atom. The molecule has 6 heteroatoms. The molecule has 1 atom stereocenters. The molecular weight excluding hydrogens is 260 g/mol. The van der Waals surface area contributed by atoms with E-state index in [0.717, 1.165) is 32.2 Å². The van der Waals surface area contributed by atoms with E-state index >= 15 is 0 Å². The second kappa shape index (κ2) is 6.92. The number of nitrogens with zero attached hydrogens (tertiary/aromatic N) is 2. The number of aliphatic hydroxyl groups is 1. The molecule has 2 rings (SSSR count). The van der Waals surface area contributed by atoms with Crippen molar-refractivity contribution in [3.8, 4) is 0 Å². The molecule has 2 fully saturated rings. The monoisotopic (exact) mass is 284 g/mol. The Morgan fingerprint density at radius 2 is 1.80 bits per heavy atom. The van der Waals surface area contributed by atoms with Gasteiger partial charge in [0.2, 0.25) is 0 Å². The molecule has 2 amide bonds. The van der Waals surface area contributed by atoms with Crippen molar-refractivity contribution in [2.24, 2.45) is 5.92 Å². The Bertz CT molecular complexity index is 353. The maximum absolute atomic E-state index is 12.4. The van der Waals surface area contributed by atoms with Gasteiger partial charge in [0, 0.05) is 26.1 Å². The lowest BCUT2D eigenvalue weighted by Gasteiger charge is -2.36. The van der Waals surface area contributed by atoms with Gasteiger partial charge in [0.05, 0.1) is 12.6 Å². The van der Waals surface area contributed by atoms with Gasteiger partial charge in [0.25, 0.3) is 0 Å². The van der Waals surface area contributed by atoms with Crippen LogP contribution in [0.5, 0.6) is 0 Å². The van der Waals surface area contributed by atoms with Gasteiger partial charge in [-0.15, -0.1) is 0 Å². The number of rotatable bonds is 4. The number of carbonyl (C=O) groups is 2. The Hall–Kier alpha value is -1.30. The second-order valence-electron chi connectivity index (χ2n) is 5.82. The molecule has 0 aromatic carbocycles. The zero-order valence-corrected chi connectivity index (χ0v) is 11.8. The van der Waals surface area contributed by atoms with Crippen LogP contribution in [-0.4, -0.2) is 64.3 Å². The standard InChI is InChI=1S/C14H24N2O4/c17-10-12-2-1-7-16(12)14(20)15-8-5-11(6-9-15)3-4-13(18)19/h11-12,17H,1-10H2,(H,18,19). The summed E-state index contributed by atoms with van der Waals surface area (Å²) >= 11 is 0. The summed E-state index contributed by atoms with van der Waals surface area (Å²) in [6.07, 6.45) is 4.55. The largest absolute Gasteiger partial charge is 0.481 e. The number of carbonyl (C=O) groups excluding carboxylic acids is 1. The molecule has 114 valence electrons. The van der Waals surface area contributed by atoms with E-state index in [1.807, 2.05) is 4.90 Å². The van der Waals surface area contributed by atoms with Crippen LogP contribution in [0.3, 0.4) is 0 Å². The predicted molar refractivity (Wildman–Crippen MR) is 73.4 cm³/mol. The molecule has 2 aliphatic heterocycles. The Balaban J connectivity index is 1.78. The van der Waals surface area contributed by atoms with Crippen molar-refractivity contribution in [1.29, 1.82) is 0 Å². The number of urea groups is 1. The van der Waals surface area contributed by atoms with Gasteiger partial charge in [-0.05, 0) is 38.0 Å². The molecule has 20 heavy (non-hydrogen) atoms. The van der Waals surface area contributed by atoms with Crippen molar-refractivity contribution in [3.05, 3.63) is 0 Å². The lowest BCUT2D eigenvalue weighted by Crippen LogP contribution is -2.49. The van der Waals surface area contributed by atoms with Gasteiger partial charge in [0.1, 0.15) is 0 Å². The van der Waals surface area contributed by atoms with E-state index in [0.29, 0.717) is 25.4 Å². The highest BCUT2D eigenvalue weighted by molar-refractivity contribution is 5.75. The zero-order chi connectivity index (χ0) is 14.5. The minimum absolute atomic E-state index is 0.0211. The highest BCUT2D eigenvalue weighted by Crippen LogP contribution is 2.25. The number of piperidine rings is 1. The summed E-state index contributed by atoms with van der Waals surface area (Å²) in [7, 11) is 0. The van der Waals surface area contributed by atoms with Crippen molar-refractivity contribution in [2.75, 3.05) is 26.2 Å². The van der Waals surface area contributed by atoms with Crippen molar-refractivity contribution in [1.82, 2.24) is 9.80 Å². The number of carboxylic acids is 1. The molecule has 0 radical (unpaired) electrons. The molecule has 0 spiro atoms. The summed E-state index contributed by atoms with van der Waals surface area (Å²) in [6.45, 7) is 2.19. The summed E-state index contributed by atoms with van der Waals surface area (Å²) in [6, 6.07) is 0.0190. The number of amides is 2. The molecule has 0 aromatic heterocycles. The first kappa shape index (κ1) is 15.1. The highest BCUT2D eigenvalue weighted by Gasteiger charge is 2.32. The minimum atomic E-state index is -0.744. The van der Waals surface area contributed by atoms with Crippen molar-refractivity contribution >= 4 is 12.0 Å². The van der Waals surface area contributed by atoms with E-state index < -0.39 is 5.97 Å². The van der Waals surface area contributed by atoms with Crippen LogP contribution in [-0.2, 0) is 4.79 Å². The maximum atomic E-state index is 12.4. The van der Waals surface area contributed by atoms with Crippen LogP contribution < -0.4 is 0 Å². The first-order valence-corrected chi connectivity index (χ1v) is 7.50. The number of hydrogen-bond donors (Lipinski definition) is 2. The zero-order valence-electron chi connectivity index (χ0n) is 11.8. The molecule has 0 aromatic rings. The van der Waals surface area contributed by atoms with Crippen molar-refractivity contribution in [3.63, 3.8) is 0 Å². The van der Waals surface area contributed by atoms with Crippen molar-refractivity contribution in [2.45, 2.75) is 44.6 Å².